The quantitative estimate of drug-likeness (QED) is 0.709. The first-order chi connectivity index (χ1) is 6.07. The van der Waals surface area contributed by atoms with Gasteiger partial charge in [-0.15, -0.1) is 0 Å². The fourth-order valence-corrected chi connectivity index (χ4v) is 1.23. The molecule has 0 aliphatic rings. The monoisotopic (exact) mass is 218 g/mol. The van der Waals surface area contributed by atoms with Gasteiger partial charge in [0.15, 0.2) is 0 Å². The molecule has 0 aliphatic heterocycles. The van der Waals surface area contributed by atoms with E-state index >= 15 is 0 Å². The van der Waals surface area contributed by atoms with E-state index in [1.165, 1.54) is 19.2 Å². The zero-order valence-corrected chi connectivity index (χ0v) is 8.41. The zero-order valence-electron chi connectivity index (χ0n) is 6.90. The summed E-state index contributed by atoms with van der Waals surface area (Å²) in [4.78, 5) is 11.2. The lowest BCUT2D eigenvalue weighted by Crippen LogP contribution is -2.19. The fraction of sp³-hybridized carbons (Fsp3) is 0.125. The summed E-state index contributed by atoms with van der Waals surface area (Å²) < 4.78 is 0. The predicted molar refractivity (Wildman–Crippen MR) is 54.3 cm³/mol. The maximum absolute atomic E-state index is 11.2. The molecule has 0 heterocycles. The van der Waals surface area contributed by atoms with Gasteiger partial charge in [-0.1, -0.05) is 23.2 Å². The Morgan fingerprint density at radius 2 is 2.08 bits per heavy atom. The first kappa shape index (κ1) is 10.2. The summed E-state index contributed by atoms with van der Waals surface area (Å²) in [6.07, 6.45) is 0. The van der Waals surface area contributed by atoms with E-state index in [9.17, 15) is 4.79 Å². The second kappa shape index (κ2) is 3.85. The normalized spacial score (nSPS) is 9.77. The van der Waals surface area contributed by atoms with E-state index in [0.717, 1.165) is 0 Å². The highest BCUT2D eigenvalue weighted by atomic mass is 35.5. The number of nitrogen functional groups attached to an aromatic ring is 1. The number of rotatable bonds is 1. The number of hydrogen-bond acceptors (Lipinski definition) is 2. The number of anilines is 1. The van der Waals surface area contributed by atoms with E-state index in [2.05, 4.69) is 5.32 Å². The number of amides is 1. The van der Waals surface area contributed by atoms with Crippen LogP contribution >= 0.6 is 23.2 Å². The van der Waals surface area contributed by atoms with E-state index in [1.54, 1.807) is 0 Å². The van der Waals surface area contributed by atoms with Gasteiger partial charge in [-0.05, 0) is 12.1 Å². The third-order valence-corrected chi connectivity index (χ3v) is 2.42. The summed E-state index contributed by atoms with van der Waals surface area (Å²) in [6.45, 7) is 0. The van der Waals surface area contributed by atoms with Crippen LogP contribution < -0.4 is 11.1 Å². The Morgan fingerprint density at radius 3 is 2.62 bits per heavy atom. The van der Waals surface area contributed by atoms with Crippen molar-refractivity contribution < 1.29 is 4.79 Å². The molecule has 0 aliphatic carbocycles. The molecule has 1 aromatic rings. The lowest BCUT2D eigenvalue weighted by Gasteiger charge is -2.06. The van der Waals surface area contributed by atoms with Crippen LogP contribution in [-0.4, -0.2) is 13.0 Å². The highest BCUT2D eigenvalue weighted by Crippen LogP contribution is 2.30. The van der Waals surface area contributed by atoms with Crippen molar-refractivity contribution in [3.63, 3.8) is 0 Å². The first-order valence-electron chi connectivity index (χ1n) is 3.53. The van der Waals surface area contributed by atoms with E-state index in [0.29, 0.717) is 10.6 Å². The summed E-state index contributed by atoms with van der Waals surface area (Å²) in [6, 6.07) is 3.06. The lowest BCUT2D eigenvalue weighted by atomic mass is 10.1. The summed E-state index contributed by atoms with van der Waals surface area (Å²) in [5.74, 6) is -0.281. The van der Waals surface area contributed by atoms with Crippen molar-refractivity contribution in [1.82, 2.24) is 5.32 Å². The van der Waals surface area contributed by atoms with Crippen LogP contribution in [0, 0.1) is 0 Å². The Morgan fingerprint density at radius 1 is 1.46 bits per heavy atom. The molecule has 5 heteroatoms. The molecule has 0 spiro atoms. The molecule has 0 saturated heterocycles. The molecule has 0 unspecified atom stereocenters. The van der Waals surface area contributed by atoms with Gasteiger partial charge in [0.05, 0.1) is 21.3 Å². The molecule has 13 heavy (non-hydrogen) atoms. The molecule has 3 nitrogen and oxygen atoms in total. The predicted octanol–water partition coefficient (Wildman–Crippen LogP) is 1.94. The molecule has 0 radical (unpaired) electrons. The third-order valence-electron chi connectivity index (χ3n) is 1.60. The Bertz CT molecular complexity index is 352. The average Bonchev–Trinajstić information content (AvgIpc) is 2.13. The molecule has 0 saturated carbocycles. The molecule has 1 aromatic carbocycles. The Hall–Kier alpha value is -0.930. The number of hydrogen-bond donors (Lipinski definition) is 2. The molecule has 0 aromatic heterocycles. The number of halogens is 2. The van der Waals surface area contributed by atoms with Gasteiger partial charge in [0.1, 0.15) is 0 Å². The molecule has 3 N–H and O–H groups in total. The van der Waals surface area contributed by atoms with E-state index < -0.39 is 0 Å². The smallest absolute Gasteiger partial charge is 0.253 e. The van der Waals surface area contributed by atoms with Crippen LogP contribution in [0.5, 0.6) is 0 Å². The van der Waals surface area contributed by atoms with Crippen LogP contribution in [0.4, 0.5) is 5.69 Å². The van der Waals surface area contributed by atoms with Crippen LogP contribution in [0.2, 0.25) is 10.0 Å². The lowest BCUT2D eigenvalue weighted by molar-refractivity contribution is 0.0964. The van der Waals surface area contributed by atoms with Gasteiger partial charge in [-0.3, -0.25) is 4.79 Å². The minimum atomic E-state index is -0.281. The standard InChI is InChI=1S/C8H8Cl2N2O/c1-12-8(13)4-2-3-5(9)6(10)7(4)11/h2-3H,11H2,1H3,(H,12,13). The van der Waals surface area contributed by atoms with Crippen molar-refractivity contribution in [2.75, 3.05) is 12.8 Å². The van der Waals surface area contributed by atoms with Gasteiger partial charge in [0.25, 0.3) is 5.91 Å². The van der Waals surface area contributed by atoms with Crippen molar-refractivity contribution in [2.45, 2.75) is 0 Å². The minimum absolute atomic E-state index is 0.202. The number of carbonyl (C=O) groups is 1. The molecule has 0 atom stereocenters. The van der Waals surface area contributed by atoms with Crippen LogP contribution in [-0.2, 0) is 0 Å². The minimum Gasteiger partial charge on any atom is -0.397 e. The topological polar surface area (TPSA) is 55.1 Å². The number of benzene rings is 1. The maximum atomic E-state index is 11.2. The van der Waals surface area contributed by atoms with Gasteiger partial charge < -0.3 is 11.1 Å². The second-order valence-corrected chi connectivity index (χ2v) is 3.19. The third kappa shape index (κ3) is 1.87. The summed E-state index contributed by atoms with van der Waals surface area (Å²) in [5, 5.41) is 3.00. The maximum Gasteiger partial charge on any atom is 0.253 e. The number of nitrogens with two attached hydrogens (primary N) is 1. The average molecular weight is 219 g/mol. The van der Waals surface area contributed by atoms with Crippen molar-refractivity contribution in [3.8, 4) is 0 Å². The Labute approximate surface area is 85.8 Å². The van der Waals surface area contributed by atoms with Crippen LogP contribution in [0.15, 0.2) is 12.1 Å². The molecule has 0 fully saturated rings. The molecule has 1 rings (SSSR count). The molecular weight excluding hydrogens is 211 g/mol. The van der Waals surface area contributed by atoms with Gasteiger partial charge in [0.2, 0.25) is 0 Å². The molecular formula is C8H8Cl2N2O. The molecule has 70 valence electrons. The summed E-state index contributed by atoms with van der Waals surface area (Å²) in [5.41, 5.74) is 6.12. The van der Waals surface area contributed by atoms with Crippen LogP contribution in [0.25, 0.3) is 0 Å². The highest BCUT2D eigenvalue weighted by molar-refractivity contribution is 6.44. The zero-order chi connectivity index (χ0) is 10.0. The van der Waals surface area contributed by atoms with Crippen LogP contribution in [0.3, 0.4) is 0 Å². The van der Waals surface area contributed by atoms with Crippen molar-refractivity contribution in [1.29, 1.82) is 0 Å². The van der Waals surface area contributed by atoms with E-state index in [1.807, 2.05) is 0 Å². The van der Waals surface area contributed by atoms with Gasteiger partial charge >= 0.3 is 0 Å². The second-order valence-electron chi connectivity index (χ2n) is 2.40. The fourth-order valence-electron chi connectivity index (χ4n) is 0.899. The van der Waals surface area contributed by atoms with Crippen molar-refractivity contribution in [2.24, 2.45) is 0 Å². The Kier molecular flexibility index (Phi) is 3.01. The largest absolute Gasteiger partial charge is 0.397 e. The highest BCUT2D eigenvalue weighted by Gasteiger charge is 2.12. The van der Waals surface area contributed by atoms with Gasteiger partial charge in [-0.25, -0.2) is 0 Å². The van der Waals surface area contributed by atoms with E-state index in [-0.39, 0.29) is 16.6 Å². The van der Waals surface area contributed by atoms with Crippen molar-refractivity contribution in [3.05, 3.63) is 27.7 Å². The first-order valence-corrected chi connectivity index (χ1v) is 4.29. The molecule has 1 amide bonds. The van der Waals surface area contributed by atoms with Crippen molar-refractivity contribution >= 4 is 34.8 Å². The number of carbonyl (C=O) groups excluding carboxylic acids is 1. The van der Waals surface area contributed by atoms with Crippen LogP contribution in [0.1, 0.15) is 10.4 Å². The SMILES string of the molecule is CNC(=O)c1ccc(Cl)c(Cl)c1N. The van der Waals surface area contributed by atoms with E-state index in [4.69, 9.17) is 28.9 Å². The van der Waals surface area contributed by atoms with Gasteiger partial charge in [-0.2, -0.15) is 0 Å². The van der Waals surface area contributed by atoms with Gasteiger partial charge in [0, 0.05) is 7.05 Å². The number of nitrogens with one attached hydrogen (secondary N) is 1. The molecule has 0 bridgehead atoms. The summed E-state index contributed by atoms with van der Waals surface area (Å²) >= 11 is 11.4. The summed E-state index contributed by atoms with van der Waals surface area (Å²) in [7, 11) is 1.52. The Balaban J connectivity index is 3.26.